The number of pyridine rings is 1. The Labute approximate surface area is 142 Å². The largest absolute Gasteiger partial charge is 0.505 e. The first kappa shape index (κ1) is 15.5. The van der Waals surface area contributed by atoms with Crippen LogP contribution in [0.2, 0.25) is 0 Å². The van der Waals surface area contributed by atoms with Gasteiger partial charge in [0.2, 0.25) is 0 Å². The summed E-state index contributed by atoms with van der Waals surface area (Å²) < 4.78 is 13.7. The Hall–Kier alpha value is -3.00. The van der Waals surface area contributed by atoms with Crippen molar-refractivity contribution < 1.29 is 14.3 Å². The molecule has 0 radical (unpaired) electrons. The minimum absolute atomic E-state index is 0.0163. The number of nitrogens with one attached hydrogen (secondary N) is 2. The molecule has 1 amide bonds. The molecule has 7 nitrogen and oxygen atoms in total. The fourth-order valence-electron chi connectivity index (χ4n) is 2.80. The molecule has 0 saturated heterocycles. The normalized spacial score (nSPS) is 19.2. The van der Waals surface area contributed by atoms with Gasteiger partial charge in [0.1, 0.15) is 0 Å². The van der Waals surface area contributed by atoms with Crippen LogP contribution in [0.15, 0.2) is 24.3 Å². The number of phenolic OH excluding ortho intramolecular Hbond substituents is 1. The van der Waals surface area contributed by atoms with Gasteiger partial charge in [-0.2, -0.15) is 5.10 Å². The number of rotatable bonds is 3. The maximum Gasteiger partial charge on any atom is 0.252 e. The average molecular weight is 341 g/mol. The highest BCUT2D eigenvalue weighted by Gasteiger charge is 2.35. The Bertz CT molecular complexity index is 1000. The number of aromatic hydroxyl groups is 1. The summed E-state index contributed by atoms with van der Waals surface area (Å²) in [6, 6.07) is 5.51. The molecule has 2 aromatic heterocycles. The number of carbonyl (C=O) groups excluding carboxylic acids is 1. The number of benzene rings is 1. The van der Waals surface area contributed by atoms with Crippen molar-refractivity contribution >= 4 is 16.9 Å². The number of nitrogens with two attached hydrogens (primary N) is 1. The molecule has 2 heterocycles. The van der Waals surface area contributed by atoms with Gasteiger partial charge >= 0.3 is 0 Å². The van der Waals surface area contributed by atoms with Crippen molar-refractivity contribution in [3.05, 3.63) is 41.3 Å². The number of hydrogen-bond donors (Lipinski definition) is 4. The Kier molecular flexibility index (Phi) is 3.43. The maximum absolute atomic E-state index is 13.7. The van der Waals surface area contributed by atoms with Crippen molar-refractivity contribution in [3.63, 3.8) is 0 Å². The Morgan fingerprint density at radius 1 is 1.44 bits per heavy atom. The number of aryl methyl sites for hydroxylation is 1. The number of amides is 1. The molecule has 0 aliphatic heterocycles. The van der Waals surface area contributed by atoms with Gasteiger partial charge in [0.25, 0.3) is 5.91 Å². The molecule has 128 valence electrons. The zero-order valence-electron chi connectivity index (χ0n) is 13.4. The van der Waals surface area contributed by atoms with E-state index in [1.165, 1.54) is 18.2 Å². The highest BCUT2D eigenvalue weighted by atomic mass is 19.1. The lowest BCUT2D eigenvalue weighted by Gasteiger charge is -2.09. The molecule has 25 heavy (non-hydrogen) atoms. The zero-order chi connectivity index (χ0) is 17.7. The summed E-state index contributed by atoms with van der Waals surface area (Å²) >= 11 is 0. The predicted molar refractivity (Wildman–Crippen MR) is 89.5 cm³/mol. The summed E-state index contributed by atoms with van der Waals surface area (Å²) in [7, 11) is 0. The van der Waals surface area contributed by atoms with Gasteiger partial charge < -0.3 is 16.2 Å². The number of H-pyrrole nitrogens is 1. The first-order valence-electron chi connectivity index (χ1n) is 7.85. The second-order valence-corrected chi connectivity index (χ2v) is 6.23. The summed E-state index contributed by atoms with van der Waals surface area (Å²) in [5.41, 5.74) is 8.09. The van der Waals surface area contributed by atoms with Crippen LogP contribution in [-0.2, 0) is 0 Å². The zero-order valence-corrected chi connectivity index (χ0v) is 13.4. The number of halogens is 1. The molecule has 4 rings (SSSR count). The van der Waals surface area contributed by atoms with Crippen LogP contribution in [0, 0.1) is 12.7 Å². The van der Waals surface area contributed by atoms with Crippen LogP contribution >= 0.6 is 0 Å². The van der Waals surface area contributed by atoms with E-state index in [4.69, 9.17) is 5.73 Å². The van der Waals surface area contributed by atoms with Gasteiger partial charge in [-0.25, -0.2) is 9.37 Å². The molecule has 1 aromatic carbocycles. The summed E-state index contributed by atoms with van der Waals surface area (Å²) in [5.74, 6) is -1.46. The van der Waals surface area contributed by atoms with Crippen molar-refractivity contribution in [2.45, 2.75) is 25.4 Å². The molecule has 1 aliphatic rings. The highest BCUT2D eigenvalue weighted by molar-refractivity contribution is 6.07. The number of hydrogen-bond acceptors (Lipinski definition) is 5. The second-order valence-electron chi connectivity index (χ2n) is 6.23. The Morgan fingerprint density at radius 2 is 2.20 bits per heavy atom. The van der Waals surface area contributed by atoms with E-state index >= 15 is 0 Å². The van der Waals surface area contributed by atoms with Crippen LogP contribution in [0.5, 0.6) is 5.75 Å². The standard InChI is InChI=1S/C17H16FN5O2/c1-7-15-9(17(25)21-13-6-11(13)19)5-12(20-16(15)23-22-7)8-2-3-14(24)10(18)4-8/h2-5,11,13,24H,6,19H2,1H3,(H,21,25)(H,20,22,23)/t11-,13-/m0/s1. The van der Waals surface area contributed by atoms with Gasteiger partial charge in [-0.1, -0.05) is 0 Å². The van der Waals surface area contributed by atoms with Crippen LogP contribution in [0.25, 0.3) is 22.3 Å². The highest BCUT2D eigenvalue weighted by Crippen LogP contribution is 2.29. The fraction of sp³-hybridized carbons (Fsp3) is 0.235. The monoisotopic (exact) mass is 341 g/mol. The van der Waals surface area contributed by atoms with Gasteiger partial charge in [0, 0.05) is 17.6 Å². The Morgan fingerprint density at radius 3 is 2.88 bits per heavy atom. The van der Waals surface area contributed by atoms with E-state index in [9.17, 15) is 14.3 Å². The molecule has 5 N–H and O–H groups in total. The molecule has 0 bridgehead atoms. The summed E-state index contributed by atoms with van der Waals surface area (Å²) in [4.78, 5) is 17.1. The third-order valence-electron chi connectivity index (χ3n) is 4.36. The van der Waals surface area contributed by atoms with E-state index in [2.05, 4.69) is 20.5 Å². The first-order valence-corrected chi connectivity index (χ1v) is 7.85. The van der Waals surface area contributed by atoms with Crippen molar-refractivity contribution in [3.8, 4) is 17.0 Å². The molecule has 1 aliphatic carbocycles. The number of fused-ring (bicyclic) bond motifs is 1. The minimum Gasteiger partial charge on any atom is -0.505 e. The lowest BCUT2D eigenvalue weighted by Crippen LogP contribution is -2.29. The van der Waals surface area contributed by atoms with Crippen LogP contribution in [-0.4, -0.2) is 38.3 Å². The molecule has 0 unspecified atom stereocenters. The van der Waals surface area contributed by atoms with Gasteiger partial charge in [0.15, 0.2) is 17.2 Å². The van der Waals surface area contributed by atoms with E-state index in [1.807, 2.05) is 0 Å². The Balaban J connectivity index is 1.83. The molecule has 1 saturated carbocycles. The van der Waals surface area contributed by atoms with Crippen molar-refractivity contribution in [1.82, 2.24) is 20.5 Å². The second kappa shape index (κ2) is 5.52. The van der Waals surface area contributed by atoms with E-state index < -0.39 is 11.6 Å². The number of phenols is 1. The smallest absolute Gasteiger partial charge is 0.252 e. The van der Waals surface area contributed by atoms with Crippen LogP contribution < -0.4 is 11.1 Å². The average Bonchev–Trinajstić information content (AvgIpc) is 3.14. The molecular weight excluding hydrogens is 325 g/mol. The molecule has 1 fully saturated rings. The third kappa shape index (κ3) is 2.70. The summed E-state index contributed by atoms with van der Waals surface area (Å²) in [5, 5.41) is 19.7. The molecular formula is C17H16FN5O2. The van der Waals surface area contributed by atoms with Gasteiger partial charge in [-0.3, -0.25) is 9.89 Å². The van der Waals surface area contributed by atoms with Crippen LogP contribution in [0.3, 0.4) is 0 Å². The quantitative estimate of drug-likeness (QED) is 0.577. The maximum atomic E-state index is 13.7. The van der Waals surface area contributed by atoms with Crippen LogP contribution in [0.4, 0.5) is 4.39 Å². The predicted octanol–water partition coefficient (Wildman–Crippen LogP) is 1.61. The molecule has 0 spiro atoms. The summed E-state index contributed by atoms with van der Waals surface area (Å²) in [6.07, 6.45) is 0.750. The lowest BCUT2D eigenvalue weighted by atomic mass is 10.0. The van der Waals surface area contributed by atoms with Gasteiger partial charge in [0.05, 0.1) is 22.3 Å². The van der Waals surface area contributed by atoms with E-state index in [0.29, 0.717) is 33.5 Å². The van der Waals surface area contributed by atoms with Crippen LogP contribution in [0.1, 0.15) is 22.5 Å². The number of aromatic nitrogens is 3. The van der Waals surface area contributed by atoms with Crippen molar-refractivity contribution in [2.75, 3.05) is 0 Å². The van der Waals surface area contributed by atoms with E-state index in [0.717, 1.165) is 6.42 Å². The number of aromatic amines is 1. The van der Waals surface area contributed by atoms with Gasteiger partial charge in [-0.15, -0.1) is 0 Å². The topological polar surface area (TPSA) is 117 Å². The van der Waals surface area contributed by atoms with E-state index in [1.54, 1.807) is 13.0 Å². The third-order valence-corrected chi connectivity index (χ3v) is 4.36. The fourth-order valence-corrected chi connectivity index (χ4v) is 2.80. The molecule has 2 atom stereocenters. The number of nitrogens with zero attached hydrogens (tertiary/aromatic N) is 2. The van der Waals surface area contributed by atoms with Crippen molar-refractivity contribution in [1.29, 1.82) is 0 Å². The number of carbonyl (C=O) groups is 1. The SMILES string of the molecule is Cc1n[nH]c2nc(-c3ccc(O)c(F)c3)cc(C(=O)N[C@H]3C[C@@H]3N)c12. The lowest BCUT2D eigenvalue weighted by molar-refractivity contribution is 0.0952. The minimum atomic E-state index is -0.754. The molecule has 8 heteroatoms. The van der Waals surface area contributed by atoms with E-state index in [-0.39, 0.29) is 18.0 Å². The molecule has 3 aromatic rings. The summed E-state index contributed by atoms with van der Waals surface area (Å²) in [6.45, 7) is 1.78. The van der Waals surface area contributed by atoms with Crippen molar-refractivity contribution in [2.24, 2.45) is 5.73 Å². The first-order chi connectivity index (χ1) is 11.9. The van der Waals surface area contributed by atoms with Gasteiger partial charge in [-0.05, 0) is 37.6 Å².